The number of aryl methyl sites for hydroxylation is 1. The van der Waals surface area contributed by atoms with Gasteiger partial charge in [0.25, 0.3) is 0 Å². The van der Waals surface area contributed by atoms with E-state index in [1.54, 1.807) is 7.11 Å². The summed E-state index contributed by atoms with van der Waals surface area (Å²) >= 11 is 0. The van der Waals surface area contributed by atoms with Crippen LogP contribution in [0.25, 0.3) is 0 Å². The molecule has 6 nitrogen and oxygen atoms in total. The number of nitrogens with one attached hydrogen (secondary N) is 2. The molecule has 6 heteroatoms. The van der Waals surface area contributed by atoms with Crippen molar-refractivity contribution >= 4 is 6.03 Å². The molecule has 3 N–H and O–H groups in total. The summed E-state index contributed by atoms with van der Waals surface area (Å²) in [4.78, 5) is 12.0. The van der Waals surface area contributed by atoms with Gasteiger partial charge in [0.15, 0.2) is 0 Å². The molecule has 0 aliphatic heterocycles. The Morgan fingerprint density at radius 3 is 2.90 bits per heavy atom. The van der Waals surface area contributed by atoms with Crippen molar-refractivity contribution in [2.75, 3.05) is 20.3 Å². The third kappa shape index (κ3) is 4.34. The van der Waals surface area contributed by atoms with E-state index in [1.807, 2.05) is 31.2 Å². The van der Waals surface area contributed by atoms with Crippen molar-refractivity contribution in [3.05, 3.63) is 35.8 Å². The first-order chi connectivity index (χ1) is 10.1. The van der Waals surface area contributed by atoms with Crippen LogP contribution in [0.1, 0.15) is 24.0 Å². The van der Waals surface area contributed by atoms with Crippen molar-refractivity contribution < 1.29 is 19.1 Å². The minimum Gasteiger partial charge on any atom is -0.464 e. The van der Waals surface area contributed by atoms with Gasteiger partial charge in [-0.2, -0.15) is 0 Å². The fourth-order valence-corrected chi connectivity index (χ4v) is 2.39. The van der Waals surface area contributed by atoms with E-state index in [-0.39, 0.29) is 30.6 Å². The highest BCUT2D eigenvalue weighted by Gasteiger charge is 2.22. The van der Waals surface area contributed by atoms with Crippen LogP contribution in [0.5, 0.6) is 0 Å². The Labute approximate surface area is 124 Å². The standard InChI is InChI=1S/C15H22N2O4/c1-10-3-6-14(21-10)13(9-20-2)17-15(19)16-12-5-4-11(7-12)8-18/h3-6,11-13,18H,7-9H2,1-2H3,(H2,16,17,19)/t11-,12+,13?/m0/s1. The van der Waals surface area contributed by atoms with E-state index in [9.17, 15) is 4.79 Å². The van der Waals surface area contributed by atoms with Crippen LogP contribution >= 0.6 is 0 Å². The highest BCUT2D eigenvalue weighted by Crippen LogP contribution is 2.18. The number of amides is 2. The Balaban J connectivity index is 1.88. The Bertz CT molecular complexity index is 498. The number of carbonyl (C=O) groups is 1. The largest absolute Gasteiger partial charge is 0.464 e. The molecule has 2 rings (SSSR count). The molecule has 1 aliphatic carbocycles. The predicted molar refractivity (Wildman–Crippen MR) is 77.9 cm³/mol. The van der Waals surface area contributed by atoms with Crippen LogP contribution in [-0.4, -0.2) is 37.5 Å². The molecular formula is C15H22N2O4. The lowest BCUT2D eigenvalue weighted by atomic mass is 10.1. The summed E-state index contributed by atoms with van der Waals surface area (Å²) in [5.41, 5.74) is 0. The van der Waals surface area contributed by atoms with Crippen LogP contribution in [0.4, 0.5) is 4.79 Å². The molecular weight excluding hydrogens is 272 g/mol. The summed E-state index contributed by atoms with van der Waals surface area (Å²) in [6.45, 7) is 2.29. The van der Waals surface area contributed by atoms with E-state index < -0.39 is 0 Å². The average molecular weight is 294 g/mol. The summed E-state index contributed by atoms with van der Waals surface area (Å²) in [5.74, 6) is 1.58. The van der Waals surface area contributed by atoms with Gasteiger partial charge in [-0.05, 0) is 25.5 Å². The van der Waals surface area contributed by atoms with Crippen LogP contribution in [0, 0.1) is 12.8 Å². The van der Waals surface area contributed by atoms with Crippen LogP contribution in [0.3, 0.4) is 0 Å². The number of ether oxygens (including phenoxy) is 1. The Kier molecular flexibility index (Phi) is 5.41. The van der Waals surface area contributed by atoms with Crippen molar-refractivity contribution in [1.82, 2.24) is 10.6 Å². The highest BCUT2D eigenvalue weighted by atomic mass is 16.5. The second-order valence-electron chi connectivity index (χ2n) is 5.24. The van der Waals surface area contributed by atoms with Crippen LogP contribution in [0.2, 0.25) is 0 Å². The van der Waals surface area contributed by atoms with Gasteiger partial charge < -0.3 is 24.9 Å². The molecule has 0 aromatic carbocycles. The fraction of sp³-hybridized carbons (Fsp3) is 0.533. The first-order valence-corrected chi connectivity index (χ1v) is 7.04. The van der Waals surface area contributed by atoms with Crippen molar-refractivity contribution in [2.24, 2.45) is 5.92 Å². The number of urea groups is 1. The first-order valence-electron chi connectivity index (χ1n) is 7.04. The van der Waals surface area contributed by atoms with E-state index >= 15 is 0 Å². The normalized spacial score (nSPS) is 22.2. The topological polar surface area (TPSA) is 83.7 Å². The Hall–Kier alpha value is -1.79. The van der Waals surface area contributed by atoms with Gasteiger partial charge in [0, 0.05) is 25.7 Å². The second-order valence-corrected chi connectivity index (χ2v) is 5.24. The molecule has 0 saturated carbocycles. The minimum absolute atomic E-state index is 0.0521. The maximum Gasteiger partial charge on any atom is 0.315 e. The second kappa shape index (κ2) is 7.28. The monoisotopic (exact) mass is 294 g/mol. The molecule has 0 bridgehead atoms. The summed E-state index contributed by atoms with van der Waals surface area (Å²) in [7, 11) is 1.58. The third-order valence-corrected chi connectivity index (χ3v) is 3.47. The van der Waals surface area contributed by atoms with Gasteiger partial charge in [-0.1, -0.05) is 12.2 Å². The first kappa shape index (κ1) is 15.6. The van der Waals surface area contributed by atoms with Crippen molar-refractivity contribution in [2.45, 2.75) is 25.4 Å². The molecule has 0 fully saturated rings. The molecule has 2 amide bonds. The van der Waals surface area contributed by atoms with Crippen molar-refractivity contribution in [3.8, 4) is 0 Å². The summed E-state index contributed by atoms with van der Waals surface area (Å²) < 4.78 is 10.7. The zero-order valence-electron chi connectivity index (χ0n) is 12.3. The number of hydrogen-bond donors (Lipinski definition) is 3. The number of furan rings is 1. The van der Waals surface area contributed by atoms with E-state index in [2.05, 4.69) is 10.6 Å². The van der Waals surface area contributed by atoms with E-state index in [0.717, 1.165) is 12.2 Å². The van der Waals surface area contributed by atoms with E-state index in [4.69, 9.17) is 14.3 Å². The number of carbonyl (C=O) groups excluding carboxylic acids is 1. The molecule has 116 valence electrons. The molecule has 3 atom stereocenters. The maximum absolute atomic E-state index is 12.0. The van der Waals surface area contributed by atoms with Crippen LogP contribution in [0.15, 0.2) is 28.7 Å². The molecule has 1 unspecified atom stereocenters. The summed E-state index contributed by atoms with van der Waals surface area (Å²) in [5, 5.41) is 14.8. The highest BCUT2D eigenvalue weighted by molar-refractivity contribution is 5.75. The minimum atomic E-state index is -0.331. The van der Waals surface area contributed by atoms with Gasteiger partial charge in [0.2, 0.25) is 0 Å². The van der Waals surface area contributed by atoms with E-state index in [0.29, 0.717) is 12.4 Å². The van der Waals surface area contributed by atoms with E-state index in [1.165, 1.54) is 0 Å². The quantitative estimate of drug-likeness (QED) is 0.694. The average Bonchev–Trinajstić information content (AvgIpc) is 3.07. The maximum atomic E-state index is 12.0. The lowest BCUT2D eigenvalue weighted by Crippen LogP contribution is -2.43. The van der Waals surface area contributed by atoms with Crippen LogP contribution < -0.4 is 10.6 Å². The number of hydrogen-bond acceptors (Lipinski definition) is 4. The fourth-order valence-electron chi connectivity index (χ4n) is 2.39. The SMILES string of the molecule is COCC(NC(=O)N[C@@H]1C=C[C@H](CO)C1)c1ccc(C)o1. The molecule has 0 radical (unpaired) electrons. The zero-order valence-corrected chi connectivity index (χ0v) is 12.3. The molecule has 0 saturated heterocycles. The zero-order chi connectivity index (χ0) is 15.2. The number of rotatable bonds is 6. The molecule has 21 heavy (non-hydrogen) atoms. The Morgan fingerprint density at radius 1 is 1.52 bits per heavy atom. The Morgan fingerprint density at radius 2 is 2.33 bits per heavy atom. The molecule has 1 aliphatic rings. The van der Waals surface area contributed by atoms with Crippen LogP contribution in [-0.2, 0) is 4.74 Å². The van der Waals surface area contributed by atoms with Gasteiger partial charge >= 0.3 is 6.03 Å². The summed E-state index contributed by atoms with van der Waals surface area (Å²) in [6, 6.07) is 3.02. The van der Waals surface area contributed by atoms with Gasteiger partial charge in [-0.25, -0.2) is 4.79 Å². The summed E-state index contributed by atoms with van der Waals surface area (Å²) in [6.07, 6.45) is 4.55. The molecule has 0 spiro atoms. The van der Waals surface area contributed by atoms with Gasteiger partial charge in [0.1, 0.15) is 17.6 Å². The smallest absolute Gasteiger partial charge is 0.315 e. The van der Waals surface area contributed by atoms with Gasteiger partial charge in [-0.15, -0.1) is 0 Å². The molecule has 1 aromatic heterocycles. The number of methoxy groups -OCH3 is 1. The lowest BCUT2D eigenvalue weighted by Gasteiger charge is -2.18. The predicted octanol–water partition coefficient (Wildman–Crippen LogP) is 1.51. The lowest BCUT2D eigenvalue weighted by molar-refractivity contribution is 0.156. The molecule has 1 heterocycles. The number of aliphatic hydroxyl groups is 1. The van der Waals surface area contributed by atoms with Crippen molar-refractivity contribution in [3.63, 3.8) is 0 Å². The third-order valence-electron chi connectivity index (χ3n) is 3.47. The van der Waals surface area contributed by atoms with Crippen molar-refractivity contribution in [1.29, 1.82) is 0 Å². The van der Waals surface area contributed by atoms with Gasteiger partial charge in [-0.3, -0.25) is 0 Å². The van der Waals surface area contributed by atoms with Gasteiger partial charge in [0.05, 0.1) is 6.61 Å². The molecule has 1 aromatic rings. The number of aliphatic hydroxyl groups excluding tert-OH is 1.